The number of hydrogen-bond acceptors (Lipinski definition) is 2. The molecule has 0 saturated carbocycles. The quantitative estimate of drug-likeness (QED) is 0.286. The SMILES string of the molecule is CC/C=C/C/C=C/C=C/[C@@H](O)C/C=C/C/C=C/CCCC(=O)O. The fourth-order valence-electron chi connectivity index (χ4n) is 1.77. The van der Waals surface area contributed by atoms with E-state index in [0.717, 1.165) is 25.7 Å². The van der Waals surface area contributed by atoms with Gasteiger partial charge in [0.1, 0.15) is 0 Å². The van der Waals surface area contributed by atoms with Crippen molar-refractivity contribution in [3.63, 3.8) is 0 Å². The first kappa shape index (κ1) is 21.1. The number of rotatable bonds is 13. The molecule has 0 aliphatic carbocycles. The molecule has 0 aromatic heterocycles. The maximum atomic E-state index is 10.3. The van der Waals surface area contributed by atoms with Crippen molar-refractivity contribution in [2.75, 3.05) is 0 Å². The molecular formula is C20H30O3. The average molecular weight is 318 g/mol. The molecule has 0 heterocycles. The Balaban J connectivity index is 3.67. The monoisotopic (exact) mass is 318 g/mol. The summed E-state index contributed by atoms with van der Waals surface area (Å²) in [4.78, 5) is 10.3. The van der Waals surface area contributed by atoms with Crippen molar-refractivity contribution in [1.82, 2.24) is 0 Å². The maximum Gasteiger partial charge on any atom is 0.303 e. The van der Waals surface area contributed by atoms with E-state index in [1.807, 2.05) is 36.5 Å². The van der Waals surface area contributed by atoms with Crippen molar-refractivity contribution < 1.29 is 15.0 Å². The van der Waals surface area contributed by atoms with E-state index in [4.69, 9.17) is 5.11 Å². The summed E-state index contributed by atoms with van der Waals surface area (Å²) < 4.78 is 0. The van der Waals surface area contributed by atoms with Crippen molar-refractivity contribution in [3.05, 3.63) is 60.8 Å². The van der Waals surface area contributed by atoms with Gasteiger partial charge in [0.2, 0.25) is 0 Å². The highest BCUT2D eigenvalue weighted by molar-refractivity contribution is 5.66. The lowest BCUT2D eigenvalue weighted by Gasteiger charge is -1.98. The molecule has 1 atom stereocenters. The van der Waals surface area contributed by atoms with Crippen molar-refractivity contribution >= 4 is 5.97 Å². The molecule has 2 N–H and O–H groups in total. The van der Waals surface area contributed by atoms with Crippen LogP contribution in [-0.4, -0.2) is 22.3 Å². The Morgan fingerprint density at radius 2 is 1.65 bits per heavy atom. The lowest BCUT2D eigenvalue weighted by molar-refractivity contribution is -0.137. The summed E-state index contributed by atoms with van der Waals surface area (Å²) in [5.74, 6) is -0.743. The molecule has 0 radical (unpaired) electrons. The summed E-state index contributed by atoms with van der Waals surface area (Å²) in [6.07, 6.45) is 24.6. The lowest BCUT2D eigenvalue weighted by Crippen LogP contribution is -1.98. The van der Waals surface area contributed by atoms with Gasteiger partial charge in [-0.1, -0.05) is 67.7 Å². The van der Waals surface area contributed by atoms with Crippen LogP contribution in [-0.2, 0) is 4.79 Å². The molecule has 0 unspecified atom stereocenters. The van der Waals surface area contributed by atoms with Crippen LogP contribution in [0.15, 0.2) is 60.8 Å². The Morgan fingerprint density at radius 1 is 0.957 bits per heavy atom. The molecule has 0 bridgehead atoms. The number of aliphatic hydroxyl groups excluding tert-OH is 1. The zero-order valence-corrected chi connectivity index (χ0v) is 14.1. The molecule has 3 nitrogen and oxygen atoms in total. The third kappa shape index (κ3) is 18.1. The first-order chi connectivity index (χ1) is 11.2. The summed E-state index contributed by atoms with van der Waals surface area (Å²) >= 11 is 0. The van der Waals surface area contributed by atoms with Crippen LogP contribution in [0.1, 0.15) is 51.9 Å². The summed E-state index contributed by atoms with van der Waals surface area (Å²) in [5.41, 5.74) is 0. The van der Waals surface area contributed by atoms with E-state index < -0.39 is 12.1 Å². The Bertz CT molecular complexity index is 428. The first-order valence-electron chi connectivity index (χ1n) is 8.35. The van der Waals surface area contributed by atoms with E-state index in [1.54, 1.807) is 6.08 Å². The van der Waals surface area contributed by atoms with Crippen LogP contribution in [0.2, 0.25) is 0 Å². The van der Waals surface area contributed by atoms with Crippen molar-refractivity contribution in [2.45, 2.75) is 58.0 Å². The molecular weight excluding hydrogens is 288 g/mol. The van der Waals surface area contributed by atoms with Gasteiger partial charge in [-0.15, -0.1) is 0 Å². The van der Waals surface area contributed by atoms with Crippen molar-refractivity contribution in [2.24, 2.45) is 0 Å². The molecule has 0 fully saturated rings. The van der Waals surface area contributed by atoms with Gasteiger partial charge in [0, 0.05) is 6.42 Å². The highest BCUT2D eigenvalue weighted by Gasteiger charge is 1.93. The molecule has 0 amide bonds. The fourth-order valence-corrected chi connectivity index (χ4v) is 1.77. The number of allylic oxidation sites excluding steroid dienone is 8. The molecule has 0 aromatic carbocycles. The maximum absolute atomic E-state index is 10.3. The Kier molecular flexibility index (Phi) is 15.2. The van der Waals surface area contributed by atoms with Gasteiger partial charge >= 0.3 is 5.97 Å². The number of unbranched alkanes of at least 4 members (excludes halogenated alkanes) is 1. The van der Waals surface area contributed by atoms with Gasteiger partial charge in [-0.05, 0) is 38.5 Å². The number of aliphatic carboxylic acids is 1. The molecule has 0 aromatic rings. The van der Waals surface area contributed by atoms with Gasteiger partial charge in [0.15, 0.2) is 0 Å². The minimum absolute atomic E-state index is 0.224. The van der Waals surface area contributed by atoms with E-state index in [9.17, 15) is 9.90 Å². The van der Waals surface area contributed by atoms with Gasteiger partial charge < -0.3 is 10.2 Å². The van der Waals surface area contributed by atoms with E-state index in [0.29, 0.717) is 12.8 Å². The highest BCUT2D eigenvalue weighted by atomic mass is 16.4. The molecule has 0 spiro atoms. The van der Waals surface area contributed by atoms with E-state index >= 15 is 0 Å². The van der Waals surface area contributed by atoms with Crippen LogP contribution in [0.4, 0.5) is 0 Å². The predicted molar refractivity (Wildman–Crippen MR) is 97.3 cm³/mol. The number of carboxylic acid groups (broad SMARTS) is 1. The largest absolute Gasteiger partial charge is 0.481 e. The second kappa shape index (κ2) is 16.5. The fraction of sp³-hybridized carbons (Fsp3) is 0.450. The summed E-state index contributed by atoms with van der Waals surface area (Å²) in [6.45, 7) is 2.11. The van der Waals surface area contributed by atoms with Crippen LogP contribution < -0.4 is 0 Å². The highest BCUT2D eigenvalue weighted by Crippen LogP contribution is 2.00. The van der Waals surface area contributed by atoms with Crippen LogP contribution in [0.5, 0.6) is 0 Å². The van der Waals surface area contributed by atoms with Crippen LogP contribution in [0.3, 0.4) is 0 Å². The van der Waals surface area contributed by atoms with Crippen molar-refractivity contribution in [3.8, 4) is 0 Å². The smallest absolute Gasteiger partial charge is 0.303 e. The molecule has 0 saturated heterocycles. The van der Waals surface area contributed by atoms with Gasteiger partial charge in [-0.2, -0.15) is 0 Å². The second-order valence-corrected chi connectivity index (χ2v) is 5.20. The van der Waals surface area contributed by atoms with Crippen LogP contribution in [0.25, 0.3) is 0 Å². The molecule has 0 aliphatic heterocycles. The third-order valence-electron chi connectivity index (χ3n) is 3.00. The standard InChI is InChI=1S/C20H30O3/c1-2-3-4-5-7-10-13-16-19(21)17-14-11-8-6-9-12-15-18-20(22)23/h3-4,6-7,9-11,13-14,16,19,21H,2,5,8,12,15,17-18H2,1H3,(H,22,23)/b4-3+,9-6+,10-7+,14-11+,16-13+/t19-/m1/s1. The minimum atomic E-state index is -0.743. The predicted octanol–water partition coefficient (Wildman–Crippen LogP) is 4.96. The summed E-state index contributed by atoms with van der Waals surface area (Å²) in [7, 11) is 0. The van der Waals surface area contributed by atoms with Crippen LogP contribution in [0, 0.1) is 0 Å². The van der Waals surface area contributed by atoms with E-state index in [2.05, 4.69) is 25.2 Å². The first-order valence-corrected chi connectivity index (χ1v) is 8.35. The molecule has 23 heavy (non-hydrogen) atoms. The van der Waals surface area contributed by atoms with Gasteiger partial charge in [0.25, 0.3) is 0 Å². The summed E-state index contributed by atoms with van der Waals surface area (Å²) in [6, 6.07) is 0. The molecule has 0 aliphatic rings. The Morgan fingerprint density at radius 3 is 2.39 bits per heavy atom. The van der Waals surface area contributed by atoms with E-state index in [-0.39, 0.29) is 6.42 Å². The molecule has 0 rings (SSSR count). The zero-order valence-electron chi connectivity index (χ0n) is 14.1. The minimum Gasteiger partial charge on any atom is -0.481 e. The molecule has 3 heteroatoms. The lowest BCUT2D eigenvalue weighted by atomic mass is 10.2. The number of carboxylic acids is 1. The zero-order chi connectivity index (χ0) is 17.2. The van der Waals surface area contributed by atoms with Gasteiger partial charge in [-0.3, -0.25) is 4.79 Å². The van der Waals surface area contributed by atoms with Gasteiger partial charge in [0.05, 0.1) is 6.10 Å². The Labute approximate surface area is 140 Å². The second-order valence-electron chi connectivity index (χ2n) is 5.20. The van der Waals surface area contributed by atoms with Crippen molar-refractivity contribution in [1.29, 1.82) is 0 Å². The average Bonchev–Trinajstić information content (AvgIpc) is 2.52. The number of aliphatic hydroxyl groups is 1. The third-order valence-corrected chi connectivity index (χ3v) is 3.00. The topological polar surface area (TPSA) is 57.5 Å². The number of hydrogen-bond donors (Lipinski definition) is 2. The summed E-state index contributed by atoms with van der Waals surface area (Å²) in [5, 5.41) is 18.2. The Hall–Kier alpha value is -1.87. The van der Waals surface area contributed by atoms with Crippen LogP contribution >= 0.6 is 0 Å². The number of carbonyl (C=O) groups is 1. The van der Waals surface area contributed by atoms with E-state index in [1.165, 1.54) is 0 Å². The molecule has 128 valence electrons. The normalized spacial score (nSPS) is 14.2. The van der Waals surface area contributed by atoms with Gasteiger partial charge in [-0.25, -0.2) is 0 Å².